The van der Waals surface area contributed by atoms with Crippen LogP contribution in [-0.4, -0.2) is 33.7 Å². The second-order valence-corrected chi connectivity index (χ2v) is 9.99. The van der Waals surface area contributed by atoms with Crippen LogP contribution in [-0.2, 0) is 11.3 Å². The van der Waals surface area contributed by atoms with Crippen molar-refractivity contribution in [2.45, 2.75) is 38.3 Å². The Kier molecular flexibility index (Phi) is 7.06. The molecule has 180 valence electrons. The summed E-state index contributed by atoms with van der Waals surface area (Å²) in [5.74, 6) is 0.554. The lowest BCUT2D eigenvalue weighted by Gasteiger charge is -2.29. The van der Waals surface area contributed by atoms with Gasteiger partial charge >= 0.3 is 0 Å². The van der Waals surface area contributed by atoms with Gasteiger partial charge in [0, 0.05) is 18.8 Å². The highest BCUT2D eigenvalue weighted by molar-refractivity contribution is 8.18. The number of hydrogen-bond donors (Lipinski definition) is 3. The smallest absolute Gasteiger partial charge is 0.290 e. The Hall–Kier alpha value is -3.30. The van der Waals surface area contributed by atoms with Crippen LogP contribution >= 0.6 is 11.8 Å². The van der Waals surface area contributed by atoms with E-state index in [1.807, 2.05) is 12.1 Å². The molecule has 1 saturated heterocycles. The first kappa shape index (κ1) is 23.4. The van der Waals surface area contributed by atoms with Crippen molar-refractivity contribution in [1.82, 2.24) is 20.6 Å². The average Bonchev–Trinajstić information content (AvgIpc) is 3.16. The molecule has 9 heteroatoms. The van der Waals surface area contributed by atoms with Crippen LogP contribution in [0.4, 0.5) is 15.1 Å². The Balaban J connectivity index is 1.08. The Morgan fingerprint density at radius 3 is 2.66 bits per heavy atom. The summed E-state index contributed by atoms with van der Waals surface area (Å²) in [7, 11) is 0. The van der Waals surface area contributed by atoms with E-state index in [1.165, 1.54) is 11.6 Å². The third-order valence-corrected chi connectivity index (χ3v) is 7.22. The minimum absolute atomic E-state index is 0.208. The highest BCUT2D eigenvalue weighted by Crippen LogP contribution is 2.27. The van der Waals surface area contributed by atoms with Crippen LogP contribution < -0.4 is 16.0 Å². The molecule has 2 amide bonds. The summed E-state index contributed by atoms with van der Waals surface area (Å²) in [5, 5.41) is 10.8. The zero-order valence-electron chi connectivity index (χ0n) is 19.1. The maximum absolute atomic E-state index is 13.4. The van der Waals surface area contributed by atoms with Crippen molar-refractivity contribution in [2.75, 3.05) is 11.9 Å². The minimum Gasteiger partial charge on any atom is -0.351 e. The topological polar surface area (TPSA) is 96.0 Å². The van der Waals surface area contributed by atoms with E-state index in [0.29, 0.717) is 28.5 Å². The molecule has 3 N–H and O–H groups in total. The molecule has 2 aromatic carbocycles. The van der Waals surface area contributed by atoms with E-state index in [0.717, 1.165) is 61.3 Å². The van der Waals surface area contributed by atoms with Gasteiger partial charge in [0.15, 0.2) is 0 Å². The van der Waals surface area contributed by atoms with Gasteiger partial charge in [0.05, 0.1) is 10.6 Å². The summed E-state index contributed by atoms with van der Waals surface area (Å²) < 4.78 is 13.4. The highest BCUT2D eigenvalue weighted by Gasteiger charge is 2.25. The number of carbonyl (C=O) groups excluding carboxylic acids is 2. The maximum Gasteiger partial charge on any atom is 0.290 e. The predicted octanol–water partition coefficient (Wildman–Crippen LogP) is 4.85. The van der Waals surface area contributed by atoms with E-state index >= 15 is 0 Å². The fourth-order valence-electron chi connectivity index (χ4n) is 4.57. The molecule has 1 aromatic heterocycles. The Morgan fingerprint density at radius 1 is 1.06 bits per heavy atom. The molecule has 0 bridgehead atoms. The Labute approximate surface area is 207 Å². The molecule has 1 aliphatic heterocycles. The standard InChI is InChI=1S/C26H26FN5O2S/c27-20-6-5-18-11-17(1-4-19(18)12-20)15-28-14-16-2-7-21(8-3-16)30-25-29-10-9-22(31-25)13-23-24(33)32-26(34)35-23/h1,4-6,9-13,16,21,28H,2-3,7-8,14-15H2,(H,29,30,31)(H,32,33,34)/b23-13-/t16-,21-. The largest absolute Gasteiger partial charge is 0.351 e. The molecule has 3 aromatic rings. The third-order valence-electron chi connectivity index (χ3n) is 6.41. The number of amides is 2. The predicted molar refractivity (Wildman–Crippen MR) is 136 cm³/mol. The van der Waals surface area contributed by atoms with Crippen LogP contribution in [0.25, 0.3) is 16.8 Å². The van der Waals surface area contributed by atoms with Crippen molar-refractivity contribution in [1.29, 1.82) is 0 Å². The molecule has 2 aliphatic rings. The molecule has 0 spiro atoms. The molecule has 0 unspecified atom stereocenters. The van der Waals surface area contributed by atoms with Crippen molar-refractivity contribution in [3.8, 4) is 0 Å². The van der Waals surface area contributed by atoms with Gasteiger partial charge < -0.3 is 10.6 Å². The van der Waals surface area contributed by atoms with Gasteiger partial charge in [0.25, 0.3) is 11.1 Å². The van der Waals surface area contributed by atoms with E-state index in [1.54, 1.807) is 24.4 Å². The van der Waals surface area contributed by atoms with Crippen LogP contribution in [0.2, 0.25) is 0 Å². The first-order valence-corrected chi connectivity index (χ1v) is 12.6. The third kappa shape index (κ3) is 6.04. The molecular weight excluding hydrogens is 465 g/mol. The highest BCUT2D eigenvalue weighted by atomic mass is 32.2. The van der Waals surface area contributed by atoms with Gasteiger partial charge in [-0.05, 0) is 96.6 Å². The summed E-state index contributed by atoms with van der Waals surface area (Å²) in [6, 6.07) is 13.0. The molecule has 1 saturated carbocycles. The lowest BCUT2D eigenvalue weighted by molar-refractivity contribution is -0.115. The lowest BCUT2D eigenvalue weighted by atomic mass is 9.86. The van der Waals surface area contributed by atoms with E-state index in [9.17, 15) is 14.0 Å². The van der Waals surface area contributed by atoms with Crippen molar-refractivity contribution in [3.63, 3.8) is 0 Å². The monoisotopic (exact) mass is 491 g/mol. The first-order valence-electron chi connectivity index (χ1n) is 11.8. The number of benzene rings is 2. The van der Waals surface area contributed by atoms with Crippen molar-refractivity contribution in [3.05, 3.63) is 70.6 Å². The zero-order chi connectivity index (χ0) is 24.2. The summed E-state index contributed by atoms with van der Waals surface area (Å²) >= 11 is 0.877. The van der Waals surface area contributed by atoms with Crippen LogP contribution in [0, 0.1) is 11.7 Å². The number of hydrogen-bond acceptors (Lipinski definition) is 7. The van der Waals surface area contributed by atoms with Gasteiger partial charge in [0.1, 0.15) is 5.82 Å². The molecule has 5 rings (SSSR count). The molecule has 2 fully saturated rings. The fraction of sp³-hybridized carbons (Fsp3) is 0.308. The van der Waals surface area contributed by atoms with Gasteiger partial charge in [-0.2, -0.15) is 0 Å². The fourth-order valence-corrected chi connectivity index (χ4v) is 5.23. The number of imide groups is 1. The number of fused-ring (bicyclic) bond motifs is 1. The SMILES string of the molecule is O=C1NC(=O)/C(=C/c2ccnc(N[C@H]3CC[C@H](CNCc4ccc5cc(F)ccc5c4)CC3)n2)S1. The number of anilines is 1. The van der Waals surface area contributed by atoms with E-state index in [2.05, 4.69) is 38.1 Å². The Morgan fingerprint density at radius 2 is 1.86 bits per heavy atom. The van der Waals surface area contributed by atoms with Crippen LogP contribution in [0.5, 0.6) is 0 Å². The lowest BCUT2D eigenvalue weighted by Crippen LogP contribution is -2.31. The van der Waals surface area contributed by atoms with Gasteiger partial charge in [-0.3, -0.25) is 14.9 Å². The first-order chi connectivity index (χ1) is 17.0. The zero-order valence-corrected chi connectivity index (χ0v) is 19.9. The number of rotatable bonds is 7. The normalized spacial score (nSPS) is 21.5. The number of halogens is 1. The molecule has 35 heavy (non-hydrogen) atoms. The molecule has 2 heterocycles. The number of nitrogens with one attached hydrogen (secondary N) is 3. The van der Waals surface area contributed by atoms with Gasteiger partial charge in [-0.25, -0.2) is 14.4 Å². The van der Waals surface area contributed by atoms with Crippen molar-refractivity contribution < 1.29 is 14.0 Å². The summed E-state index contributed by atoms with van der Waals surface area (Å²) in [4.78, 5) is 32.2. The second kappa shape index (κ2) is 10.5. The van der Waals surface area contributed by atoms with Gasteiger partial charge in [0.2, 0.25) is 5.95 Å². The van der Waals surface area contributed by atoms with Crippen LogP contribution in [0.15, 0.2) is 53.6 Å². The Bertz CT molecular complexity index is 1290. The molecule has 0 atom stereocenters. The number of aromatic nitrogens is 2. The van der Waals surface area contributed by atoms with Gasteiger partial charge in [-0.1, -0.05) is 18.2 Å². The number of thioether (sulfide) groups is 1. The summed E-state index contributed by atoms with van der Waals surface area (Å²) in [6.07, 6.45) is 7.56. The number of carbonyl (C=O) groups is 2. The van der Waals surface area contributed by atoms with E-state index in [4.69, 9.17) is 0 Å². The van der Waals surface area contributed by atoms with Crippen molar-refractivity contribution >= 4 is 45.7 Å². The molecule has 1 aliphatic carbocycles. The molecular formula is C26H26FN5O2S. The minimum atomic E-state index is -0.393. The van der Waals surface area contributed by atoms with Gasteiger partial charge in [-0.15, -0.1) is 0 Å². The average molecular weight is 492 g/mol. The van der Waals surface area contributed by atoms with Crippen LogP contribution in [0.3, 0.4) is 0 Å². The van der Waals surface area contributed by atoms with Crippen molar-refractivity contribution in [2.24, 2.45) is 5.92 Å². The quantitative estimate of drug-likeness (QED) is 0.407. The molecule has 7 nitrogen and oxygen atoms in total. The number of nitrogens with zero attached hydrogens (tertiary/aromatic N) is 2. The second-order valence-electron chi connectivity index (χ2n) is 8.98. The molecule has 0 radical (unpaired) electrons. The van der Waals surface area contributed by atoms with Crippen LogP contribution in [0.1, 0.15) is 36.9 Å². The maximum atomic E-state index is 13.4. The van der Waals surface area contributed by atoms with E-state index in [-0.39, 0.29) is 11.1 Å². The summed E-state index contributed by atoms with van der Waals surface area (Å²) in [6.45, 7) is 1.76. The van der Waals surface area contributed by atoms with E-state index < -0.39 is 5.91 Å². The summed E-state index contributed by atoms with van der Waals surface area (Å²) in [5.41, 5.74) is 1.79.